The summed E-state index contributed by atoms with van der Waals surface area (Å²) in [5.74, 6) is 0. The van der Waals surface area contributed by atoms with Crippen LogP contribution in [0.2, 0.25) is 0 Å². The Balaban J connectivity index is 2.20. The molecule has 0 aliphatic carbocycles. The molecule has 0 bridgehead atoms. The average molecular weight is 184 g/mol. The first kappa shape index (κ1) is 9.68. The third-order valence-corrected chi connectivity index (χ3v) is 2.92. The first-order chi connectivity index (χ1) is 5.84. The van der Waals surface area contributed by atoms with Crippen molar-refractivity contribution in [1.29, 1.82) is 0 Å². The van der Waals surface area contributed by atoms with E-state index in [1.54, 1.807) is 11.3 Å². The minimum absolute atomic E-state index is 1.12. The number of nitrogens with one attached hydrogen (secondary N) is 1. The van der Waals surface area contributed by atoms with Gasteiger partial charge in [0.1, 0.15) is 0 Å². The predicted molar refractivity (Wildman–Crippen MR) is 53.7 cm³/mol. The minimum Gasteiger partial charge on any atom is -0.320 e. The lowest BCUT2D eigenvalue weighted by atomic mass is 10.2. The molecule has 0 saturated carbocycles. The van der Waals surface area contributed by atoms with Crippen LogP contribution in [0.25, 0.3) is 0 Å². The highest BCUT2D eigenvalue weighted by Crippen LogP contribution is 2.14. The number of hydrogen-bond acceptors (Lipinski definition) is 3. The molecule has 0 aromatic carbocycles. The van der Waals surface area contributed by atoms with Gasteiger partial charge in [0, 0.05) is 4.88 Å². The number of hydrogen-bond donors (Lipinski definition) is 1. The molecule has 0 unspecified atom stereocenters. The number of unbranched alkanes of at least 4 members (excludes halogenated alkanes) is 1. The van der Waals surface area contributed by atoms with Crippen LogP contribution in [0.3, 0.4) is 0 Å². The fourth-order valence-corrected chi connectivity index (χ4v) is 1.98. The second-order valence-corrected chi connectivity index (χ2v) is 3.86. The maximum absolute atomic E-state index is 4.22. The van der Waals surface area contributed by atoms with Crippen molar-refractivity contribution in [2.75, 3.05) is 13.6 Å². The van der Waals surface area contributed by atoms with Gasteiger partial charge in [0.25, 0.3) is 0 Å². The van der Waals surface area contributed by atoms with Gasteiger partial charge >= 0.3 is 0 Å². The van der Waals surface area contributed by atoms with E-state index in [4.69, 9.17) is 0 Å². The molecular formula is C9H16N2S. The van der Waals surface area contributed by atoms with Crippen LogP contribution < -0.4 is 5.32 Å². The highest BCUT2D eigenvalue weighted by Gasteiger charge is 1.99. The Morgan fingerprint density at radius 1 is 1.50 bits per heavy atom. The van der Waals surface area contributed by atoms with Crippen LogP contribution in [0.5, 0.6) is 0 Å². The van der Waals surface area contributed by atoms with Crippen molar-refractivity contribution in [3.05, 3.63) is 16.1 Å². The summed E-state index contributed by atoms with van der Waals surface area (Å²) in [4.78, 5) is 5.67. The van der Waals surface area contributed by atoms with Gasteiger partial charge in [0.05, 0.1) is 11.2 Å². The van der Waals surface area contributed by atoms with E-state index in [2.05, 4.69) is 17.2 Å². The van der Waals surface area contributed by atoms with Gasteiger partial charge < -0.3 is 5.32 Å². The Labute approximate surface area is 78.0 Å². The zero-order chi connectivity index (χ0) is 8.81. The Hall–Kier alpha value is -0.410. The molecule has 2 nitrogen and oxygen atoms in total. The van der Waals surface area contributed by atoms with Crippen molar-refractivity contribution in [1.82, 2.24) is 10.3 Å². The first-order valence-corrected chi connectivity index (χ1v) is 5.26. The van der Waals surface area contributed by atoms with Gasteiger partial charge in [-0.25, -0.2) is 4.98 Å². The molecule has 68 valence electrons. The third kappa shape index (κ3) is 2.91. The van der Waals surface area contributed by atoms with Crippen LogP contribution in [0.15, 0.2) is 5.51 Å². The molecule has 12 heavy (non-hydrogen) atoms. The molecule has 1 heterocycles. The molecule has 1 aromatic rings. The molecule has 1 rings (SSSR count). The zero-order valence-corrected chi connectivity index (χ0v) is 8.58. The van der Waals surface area contributed by atoms with Crippen molar-refractivity contribution in [2.24, 2.45) is 0 Å². The Morgan fingerprint density at radius 3 is 2.92 bits per heavy atom. The van der Waals surface area contributed by atoms with Crippen molar-refractivity contribution >= 4 is 11.3 Å². The monoisotopic (exact) mass is 184 g/mol. The highest BCUT2D eigenvalue weighted by atomic mass is 32.1. The van der Waals surface area contributed by atoms with Crippen molar-refractivity contribution < 1.29 is 0 Å². The van der Waals surface area contributed by atoms with Crippen molar-refractivity contribution in [3.8, 4) is 0 Å². The number of rotatable bonds is 5. The van der Waals surface area contributed by atoms with Crippen LogP contribution in [0, 0.1) is 6.92 Å². The quantitative estimate of drug-likeness (QED) is 0.708. The number of aryl methyl sites for hydroxylation is 2. The van der Waals surface area contributed by atoms with Gasteiger partial charge in [-0.15, -0.1) is 11.3 Å². The highest BCUT2D eigenvalue weighted by molar-refractivity contribution is 7.09. The van der Waals surface area contributed by atoms with Gasteiger partial charge in [-0.3, -0.25) is 0 Å². The van der Waals surface area contributed by atoms with Gasteiger partial charge in [0.15, 0.2) is 0 Å². The molecule has 3 heteroatoms. The SMILES string of the molecule is CNCCCCc1scnc1C. The van der Waals surface area contributed by atoms with E-state index in [9.17, 15) is 0 Å². The normalized spacial score (nSPS) is 10.5. The van der Waals surface area contributed by atoms with Crippen LogP contribution in [-0.2, 0) is 6.42 Å². The molecule has 0 atom stereocenters. The Bertz CT molecular complexity index is 220. The lowest BCUT2D eigenvalue weighted by Crippen LogP contribution is -2.07. The fraction of sp³-hybridized carbons (Fsp3) is 0.667. The lowest BCUT2D eigenvalue weighted by Gasteiger charge is -1.98. The summed E-state index contributed by atoms with van der Waals surface area (Å²) < 4.78 is 0. The summed E-state index contributed by atoms with van der Waals surface area (Å²) in [6, 6.07) is 0. The average Bonchev–Trinajstić information content (AvgIpc) is 2.46. The minimum atomic E-state index is 1.12. The van der Waals surface area contributed by atoms with Gasteiger partial charge in [0.2, 0.25) is 0 Å². The van der Waals surface area contributed by atoms with E-state index in [0.29, 0.717) is 0 Å². The van der Waals surface area contributed by atoms with Crippen LogP contribution in [0.4, 0.5) is 0 Å². The lowest BCUT2D eigenvalue weighted by molar-refractivity contribution is 0.679. The fourth-order valence-electron chi connectivity index (χ4n) is 1.15. The van der Waals surface area contributed by atoms with E-state index in [0.717, 1.165) is 6.54 Å². The second-order valence-electron chi connectivity index (χ2n) is 2.92. The summed E-state index contributed by atoms with van der Waals surface area (Å²) in [5, 5.41) is 3.15. The summed E-state index contributed by atoms with van der Waals surface area (Å²) in [5.41, 5.74) is 3.15. The molecule has 0 amide bonds. The molecule has 1 aromatic heterocycles. The van der Waals surface area contributed by atoms with E-state index >= 15 is 0 Å². The number of aromatic nitrogens is 1. The maximum Gasteiger partial charge on any atom is 0.0797 e. The molecule has 0 aliphatic rings. The molecular weight excluding hydrogens is 168 g/mol. The van der Waals surface area contributed by atoms with Crippen molar-refractivity contribution in [3.63, 3.8) is 0 Å². The Morgan fingerprint density at radius 2 is 2.33 bits per heavy atom. The molecule has 0 radical (unpaired) electrons. The molecule has 0 spiro atoms. The molecule has 1 N–H and O–H groups in total. The topological polar surface area (TPSA) is 24.9 Å². The van der Waals surface area contributed by atoms with Crippen LogP contribution in [-0.4, -0.2) is 18.6 Å². The Kier molecular flexibility index (Phi) is 4.25. The molecule has 0 fully saturated rings. The number of nitrogens with zero attached hydrogens (tertiary/aromatic N) is 1. The first-order valence-electron chi connectivity index (χ1n) is 4.38. The zero-order valence-electron chi connectivity index (χ0n) is 7.76. The summed E-state index contributed by atoms with van der Waals surface area (Å²) in [6.45, 7) is 3.21. The predicted octanol–water partition coefficient (Wildman–Crippen LogP) is 1.99. The molecule has 0 aliphatic heterocycles. The van der Waals surface area contributed by atoms with Gasteiger partial charge in [-0.05, 0) is 39.8 Å². The summed E-state index contributed by atoms with van der Waals surface area (Å²) >= 11 is 1.78. The molecule has 0 saturated heterocycles. The van der Waals surface area contributed by atoms with E-state index in [-0.39, 0.29) is 0 Å². The van der Waals surface area contributed by atoms with Gasteiger partial charge in [-0.2, -0.15) is 0 Å². The second kappa shape index (κ2) is 5.27. The third-order valence-electron chi connectivity index (χ3n) is 1.93. The standard InChI is InChI=1S/C9H16N2S/c1-8-9(12-7-11-8)5-3-4-6-10-2/h7,10H,3-6H2,1-2H3. The summed E-state index contributed by atoms with van der Waals surface area (Å²) in [7, 11) is 2.00. The smallest absolute Gasteiger partial charge is 0.0797 e. The van der Waals surface area contributed by atoms with Crippen LogP contribution >= 0.6 is 11.3 Å². The maximum atomic E-state index is 4.22. The van der Waals surface area contributed by atoms with Crippen LogP contribution in [0.1, 0.15) is 23.4 Å². The van der Waals surface area contributed by atoms with Gasteiger partial charge in [-0.1, -0.05) is 0 Å². The largest absolute Gasteiger partial charge is 0.320 e. The van der Waals surface area contributed by atoms with Crippen molar-refractivity contribution in [2.45, 2.75) is 26.2 Å². The van der Waals surface area contributed by atoms with E-state index < -0.39 is 0 Å². The number of thiazole rings is 1. The summed E-state index contributed by atoms with van der Waals surface area (Å²) in [6.07, 6.45) is 3.72. The van der Waals surface area contributed by atoms with E-state index in [1.807, 2.05) is 12.6 Å². The van der Waals surface area contributed by atoms with E-state index in [1.165, 1.54) is 29.8 Å².